The predicted octanol–water partition coefficient (Wildman–Crippen LogP) is 2.99. The third-order valence-electron chi connectivity index (χ3n) is 2.83. The monoisotopic (exact) mass is 293 g/mol. The Morgan fingerprint density at radius 1 is 1.24 bits per heavy atom. The molecule has 1 heterocycles. The molecule has 0 aliphatic carbocycles. The molecule has 0 amide bonds. The number of hydrogen-bond acceptors (Lipinski definition) is 5. The molecule has 5 nitrogen and oxygen atoms in total. The number of fused-ring (bicyclic) bond motifs is 1. The quantitative estimate of drug-likeness (QED) is 0.865. The summed E-state index contributed by atoms with van der Waals surface area (Å²) < 4.78 is 16.5. The van der Waals surface area contributed by atoms with Gasteiger partial charge >= 0.3 is 5.97 Å². The average Bonchev–Trinajstić information content (AvgIpc) is 2.61. The molecule has 0 fully saturated rings. The smallest absolute Gasteiger partial charge is 0.308 e. The summed E-state index contributed by atoms with van der Waals surface area (Å²) in [7, 11) is 0. The summed E-state index contributed by atoms with van der Waals surface area (Å²) in [6.45, 7) is 7.45. The normalized spacial score (nSPS) is 14.2. The van der Waals surface area contributed by atoms with E-state index in [0.717, 1.165) is 23.6 Å². The second kappa shape index (κ2) is 6.70. The Bertz CT molecular complexity index is 494. The third kappa shape index (κ3) is 5.17. The second-order valence-electron chi connectivity index (χ2n) is 5.98. The standard InChI is InChI=1S/C16H23NO4/c1-16(2,3)21-15(18)7-8-17-12-5-6-13-14(11-12)20-10-4-9-19-13/h5-6,11,17H,4,7-10H2,1-3H3. The van der Waals surface area contributed by atoms with Crippen LogP contribution >= 0.6 is 0 Å². The highest BCUT2D eigenvalue weighted by Gasteiger charge is 2.16. The molecule has 0 bridgehead atoms. The molecular weight excluding hydrogens is 270 g/mol. The second-order valence-corrected chi connectivity index (χ2v) is 5.98. The van der Waals surface area contributed by atoms with Crippen molar-refractivity contribution in [3.63, 3.8) is 0 Å². The highest BCUT2D eigenvalue weighted by atomic mass is 16.6. The van der Waals surface area contributed by atoms with Crippen LogP contribution in [0.15, 0.2) is 18.2 Å². The van der Waals surface area contributed by atoms with Gasteiger partial charge in [-0.25, -0.2) is 0 Å². The number of rotatable bonds is 4. The summed E-state index contributed by atoms with van der Waals surface area (Å²) in [5, 5.41) is 3.20. The zero-order chi connectivity index (χ0) is 15.3. The van der Waals surface area contributed by atoms with Gasteiger partial charge in [0, 0.05) is 24.7 Å². The van der Waals surface area contributed by atoms with Crippen LogP contribution in [0.1, 0.15) is 33.6 Å². The van der Waals surface area contributed by atoms with E-state index in [0.29, 0.717) is 26.2 Å². The number of anilines is 1. The summed E-state index contributed by atoms with van der Waals surface area (Å²) >= 11 is 0. The first kappa shape index (κ1) is 15.5. The number of hydrogen-bond donors (Lipinski definition) is 1. The molecule has 0 unspecified atom stereocenters. The molecule has 0 spiro atoms. The molecule has 5 heteroatoms. The van der Waals surface area contributed by atoms with Gasteiger partial charge in [0.2, 0.25) is 0 Å². The Hall–Kier alpha value is -1.91. The topological polar surface area (TPSA) is 56.8 Å². The van der Waals surface area contributed by atoms with Crippen LogP contribution < -0.4 is 14.8 Å². The number of ether oxygens (including phenoxy) is 3. The lowest BCUT2D eigenvalue weighted by Gasteiger charge is -2.19. The number of carbonyl (C=O) groups is 1. The van der Waals surface area contributed by atoms with E-state index in [1.807, 2.05) is 39.0 Å². The van der Waals surface area contributed by atoms with Gasteiger partial charge < -0.3 is 19.5 Å². The molecule has 2 rings (SSSR count). The van der Waals surface area contributed by atoms with Gasteiger partial charge in [0.15, 0.2) is 11.5 Å². The van der Waals surface area contributed by atoms with E-state index in [4.69, 9.17) is 14.2 Å². The van der Waals surface area contributed by atoms with Crippen molar-refractivity contribution in [2.45, 2.75) is 39.2 Å². The summed E-state index contributed by atoms with van der Waals surface area (Å²) in [6.07, 6.45) is 1.21. The number of carbonyl (C=O) groups excluding carboxylic acids is 1. The highest BCUT2D eigenvalue weighted by Crippen LogP contribution is 2.32. The van der Waals surface area contributed by atoms with Crippen molar-refractivity contribution in [1.29, 1.82) is 0 Å². The third-order valence-corrected chi connectivity index (χ3v) is 2.83. The molecule has 1 aromatic rings. The highest BCUT2D eigenvalue weighted by molar-refractivity contribution is 5.70. The van der Waals surface area contributed by atoms with Gasteiger partial charge in [-0.2, -0.15) is 0 Å². The Morgan fingerprint density at radius 3 is 2.67 bits per heavy atom. The van der Waals surface area contributed by atoms with E-state index in [1.165, 1.54) is 0 Å². The van der Waals surface area contributed by atoms with Gasteiger partial charge in [-0.1, -0.05) is 0 Å². The summed E-state index contributed by atoms with van der Waals surface area (Å²) in [5.41, 5.74) is 0.467. The van der Waals surface area contributed by atoms with Crippen molar-refractivity contribution in [3.8, 4) is 11.5 Å². The van der Waals surface area contributed by atoms with Gasteiger partial charge in [-0.15, -0.1) is 0 Å². The molecular formula is C16H23NO4. The minimum Gasteiger partial charge on any atom is -0.490 e. The van der Waals surface area contributed by atoms with Crippen LogP contribution in [-0.4, -0.2) is 31.3 Å². The van der Waals surface area contributed by atoms with E-state index in [-0.39, 0.29) is 5.97 Å². The largest absolute Gasteiger partial charge is 0.490 e. The van der Waals surface area contributed by atoms with Crippen molar-refractivity contribution in [1.82, 2.24) is 0 Å². The first-order valence-corrected chi connectivity index (χ1v) is 7.29. The molecule has 0 saturated heterocycles. The molecule has 0 radical (unpaired) electrons. The Balaban J connectivity index is 1.84. The van der Waals surface area contributed by atoms with Gasteiger partial charge in [0.1, 0.15) is 5.60 Å². The Labute approximate surface area is 125 Å². The van der Waals surface area contributed by atoms with Crippen molar-refractivity contribution in [2.75, 3.05) is 25.1 Å². The van der Waals surface area contributed by atoms with Gasteiger partial charge in [-0.3, -0.25) is 4.79 Å². The van der Waals surface area contributed by atoms with Crippen LogP contribution in [0.2, 0.25) is 0 Å². The van der Waals surface area contributed by atoms with Crippen molar-refractivity contribution >= 4 is 11.7 Å². The van der Waals surface area contributed by atoms with Crippen LogP contribution in [0.25, 0.3) is 0 Å². The molecule has 0 aromatic heterocycles. The van der Waals surface area contributed by atoms with Gasteiger partial charge in [0.05, 0.1) is 19.6 Å². The summed E-state index contributed by atoms with van der Waals surface area (Å²) in [4.78, 5) is 11.6. The lowest BCUT2D eigenvalue weighted by molar-refractivity contribution is -0.154. The molecule has 0 atom stereocenters. The summed E-state index contributed by atoms with van der Waals surface area (Å²) in [6, 6.07) is 5.70. The lowest BCUT2D eigenvalue weighted by Crippen LogP contribution is -2.25. The maximum atomic E-state index is 11.6. The fraction of sp³-hybridized carbons (Fsp3) is 0.562. The van der Waals surface area contributed by atoms with Crippen molar-refractivity contribution in [3.05, 3.63) is 18.2 Å². The molecule has 1 aliphatic rings. The predicted molar refractivity (Wildman–Crippen MR) is 81.0 cm³/mol. The first-order valence-electron chi connectivity index (χ1n) is 7.29. The van der Waals surface area contributed by atoms with Gasteiger partial charge in [-0.05, 0) is 32.9 Å². The zero-order valence-corrected chi connectivity index (χ0v) is 12.9. The molecule has 1 N–H and O–H groups in total. The van der Waals surface area contributed by atoms with E-state index in [9.17, 15) is 4.79 Å². The van der Waals surface area contributed by atoms with Crippen LogP contribution in [0.5, 0.6) is 11.5 Å². The molecule has 0 saturated carbocycles. The van der Waals surface area contributed by atoms with Crippen molar-refractivity contribution < 1.29 is 19.0 Å². The van der Waals surface area contributed by atoms with Crippen LogP contribution in [0, 0.1) is 0 Å². The Kier molecular flexibility index (Phi) is 4.94. The molecule has 1 aliphatic heterocycles. The summed E-state index contributed by atoms with van der Waals surface area (Å²) in [5.74, 6) is 1.31. The molecule has 116 valence electrons. The lowest BCUT2D eigenvalue weighted by atomic mass is 10.2. The van der Waals surface area contributed by atoms with E-state index < -0.39 is 5.60 Å². The fourth-order valence-electron chi connectivity index (χ4n) is 1.97. The van der Waals surface area contributed by atoms with E-state index in [1.54, 1.807) is 0 Å². The Morgan fingerprint density at radius 2 is 1.95 bits per heavy atom. The van der Waals surface area contributed by atoms with Crippen molar-refractivity contribution in [2.24, 2.45) is 0 Å². The maximum Gasteiger partial charge on any atom is 0.308 e. The average molecular weight is 293 g/mol. The maximum absolute atomic E-state index is 11.6. The SMILES string of the molecule is CC(C)(C)OC(=O)CCNc1ccc2c(c1)OCCCO2. The molecule has 1 aromatic carbocycles. The number of nitrogens with one attached hydrogen (secondary N) is 1. The van der Waals surface area contributed by atoms with Crippen LogP contribution in [-0.2, 0) is 9.53 Å². The number of benzene rings is 1. The molecule has 21 heavy (non-hydrogen) atoms. The number of esters is 1. The van der Waals surface area contributed by atoms with Crippen LogP contribution in [0.4, 0.5) is 5.69 Å². The van der Waals surface area contributed by atoms with E-state index in [2.05, 4.69) is 5.32 Å². The minimum atomic E-state index is -0.438. The minimum absolute atomic E-state index is 0.204. The van der Waals surface area contributed by atoms with E-state index >= 15 is 0 Å². The first-order chi connectivity index (χ1) is 9.94. The zero-order valence-electron chi connectivity index (χ0n) is 12.9. The van der Waals surface area contributed by atoms with Crippen LogP contribution in [0.3, 0.4) is 0 Å². The fourth-order valence-corrected chi connectivity index (χ4v) is 1.97. The van der Waals surface area contributed by atoms with Gasteiger partial charge in [0.25, 0.3) is 0 Å².